The molecule has 0 bridgehead atoms. The number of nitrogens with zero attached hydrogens (tertiary/aromatic N) is 4. The lowest BCUT2D eigenvalue weighted by Crippen LogP contribution is -2.32. The molecule has 0 spiro atoms. The summed E-state index contributed by atoms with van der Waals surface area (Å²) in [5, 5.41) is 9.63. The standard InChI is InChI=1S/C20H21ClN4OS/c1-14(19(26)24(2)13-15-7-5-4-6-8-15)27-20-23-22-18(25(20)3)16-9-11-17(21)12-10-16/h4-12,14H,13H2,1-3H3/t14-/m1/s1. The van der Waals surface area contributed by atoms with E-state index < -0.39 is 0 Å². The molecule has 1 heterocycles. The molecule has 0 aliphatic carbocycles. The fraction of sp³-hybridized carbons (Fsp3) is 0.250. The van der Waals surface area contributed by atoms with Crippen molar-refractivity contribution in [3.8, 4) is 11.4 Å². The van der Waals surface area contributed by atoms with Crippen molar-refractivity contribution >= 4 is 29.3 Å². The Morgan fingerprint density at radius 1 is 1.15 bits per heavy atom. The number of thioether (sulfide) groups is 1. The molecule has 3 aromatic rings. The second kappa shape index (κ2) is 8.59. The molecule has 0 aliphatic heterocycles. The van der Waals surface area contributed by atoms with Crippen LogP contribution in [0.2, 0.25) is 5.02 Å². The highest BCUT2D eigenvalue weighted by Gasteiger charge is 2.22. The van der Waals surface area contributed by atoms with Crippen LogP contribution in [0.15, 0.2) is 59.8 Å². The third-order valence-electron chi connectivity index (χ3n) is 4.21. The van der Waals surface area contributed by atoms with Crippen molar-refractivity contribution in [2.45, 2.75) is 23.9 Å². The first-order chi connectivity index (χ1) is 13.0. The van der Waals surface area contributed by atoms with Crippen LogP contribution in [-0.4, -0.2) is 37.9 Å². The Balaban J connectivity index is 1.67. The molecule has 1 amide bonds. The van der Waals surface area contributed by atoms with Crippen LogP contribution in [0.5, 0.6) is 0 Å². The van der Waals surface area contributed by atoms with E-state index in [2.05, 4.69) is 10.2 Å². The fourth-order valence-corrected chi connectivity index (χ4v) is 3.78. The van der Waals surface area contributed by atoms with Crippen LogP contribution in [0.25, 0.3) is 11.4 Å². The summed E-state index contributed by atoms with van der Waals surface area (Å²) in [4.78, 5) is 14.4. The van der Waals surface area contributed by atoms with Gasteiger partial charge in [-0.2, -0.15) is 0 Å². The van der Waals surface area contributed by atoms with Crippen LogP contribution in [0.4, 0.5) is 0 Å². The number of rotatable bonds is 6. The molecule has 0 radical (unpaired) electrons. The normalized spacial score (nSPS) is 12.0. The molecule has 1 aromatic heterocycles. The summed E-state index contributed by atoms with van der Waals surface area (Å²) in [6.45, 7) is 2.48. The Hall–Kier alpha value is -2.31. The van der Waals surface area contributed by atoms with E-state index in [0.29, 0.717) is 16.7 Å². The maximum Gasteiger partial charge on any atom is 0.235 e. The fourth-order valence-electron chi connectivity index (χ4n) is 2.72. The van der Waals surface area contributed by atoms with Gasteiger partial charge in [0.1, 0.15) is 0 Å². The van der Waals surface area contributed by atoms with E-state index in [1.54, 1.807) is 4.90 Å². The van der Waals surface area contributed by atoms with Gasteiger partial charge in [-0.3, -0.25) is 4.79 Å². The summed E-state index contributed by atoms with van der Waals surface area (Å²) in [5.41, 5.74) is 2.04. The van der Waals surface area contributed by atoms with Crippen molar-refractivity contribution in [1.82, 2.24) is 19.7 Å². The average Bonchev–Trinajstić information content (AvgIpc) is 3.03. The van der Waals surface area contributed by atoms with E-state index >= 15 is 0 Å². The lowest BCUT2D eigenvalue weighted by atomic mass is 10.2. The zero-order valence-corrected chi connectivity index (χ0v) is 17.0. The molecule has 0 saturated carbocycles. The summed E-state index contributed by atoms with van der Waals surface area (Å²) in [6.07, 6.45) is 0. The van der Waals surface area contributed by atoms with Crippen LogP contribution >= 0.6 is 23.4 Å². The van der Waals surface area contributed by atoms with Gasteiger partial charge in [-0.05, 0) is 36.8 Å². The summed E-state index contributed by atoms with van der Waals surface area (Å²) in [6, 6.07) is 17.4. The third-order valence-corrected chi connectivity index (χ3v) is 5.58. The van der Waals surface area contributed by atoms with Gasteiger partial charge in [0.05, 0.1) is 5.25 Å². The number of hydrogen-bond donors (Lipinski definition) is 0. The third kappa shape index (κ3) is 4.70. The van der Waals surface area contributed by atoms with E-state index in [4.69, 9.17) is 11.6 Å². The Morgan fingerprint density at radius 2 is 1.81 bits per heavy atom. The van der Waals surface area contributed by atoms with Crippen molar-refractivity contribution in [2.75, 3.05) is 7.05 Å². The molecular formula is C20H21ClN4OS. The van der Waals surface area contributed by atoms with Gasteiger partial charge in [-0.1, -0.05) is 53.7 Å². The first-order valence-electron chi connectivity index (χ1n) is 8.56. The first-order valence-corrected chi connectivity index (χ1v) is 9.82. The van der Waals surface area contributed by atoms with Gasteiger partial charge in [0.15, 0.2) is 11.0 Å². The number of hydrogen-bond acceptors (Lipinski definition) is 4. The summed E-state index contributed by atoms with van der Waals surface area (Å²) < 4.78 is 1.90. The Bertz CT molecular complexity index is 911. The van der Waals surface area contributed by atoms with Gasteiger partial charge >= 0.3 is 0 Å². The lowest BCUT2D eigenvalue weighted by Gasteiger charge is -2.21. The Labute approximate surface area is 168 Å². The SMILES string of the molecule is C[C@@H](Sc1nnc(-c2ccc(Cl)cc2)n1C)C(=O)N(C)Cc1ccccc1. The summed E-state index contributed by atoms with van der Waals surface area (Å²) >= 11 is 7.35. The smallest absolute Gasteiger partial charge is 0.235 e. The van der Waals surface area contributed by atoms with Gasteiger partial charge in [0.2, 0.25) is 5.91 Å². The van der Waals surface area contributed by atoms with Crippen molar-refractivity contribution in [2.24, 2.45) is 7.05 Å². The molecular weight excluding hydrogens is 380 g/mol. The van der Waals surface area contributed by atoms with Gasteiger partial charge in [-0.15, -0.1) is 10.2 Å². The van der Waals surface area contributed by atoms with Crippen LogP contribution in [0.3, 0.4) is 0 Å². The number of benzene rings is 2. The average molecular weight is 401 g/mol. The lowest BCUT2D eigenvalue weighted by molar-refractivity contribution is -0.129. The monoisotopic (exact) mass is 400 g/mol. The number of carbonyl (C=O) groups excluding carboxylic acids is 1. The van der Waals surface area contributed by atoms with Crippen molar-refractivity contribution in [3.05, 3.63) is 65.2 Å². The summed E-state index contributed by atoms with van der Waals surface area (Å²) in [5.74, 6) is 0.798. The number of aromatic nitrogens is 3. The largest absolute Gasteiger partial charge is 0.340 e. The predicted molar refractivity (Wildman–Crippen MR) is 110 cm³/mol. The van der Waals surface area contributed by atoms with E-state index in [0.717, 1.165) is 17.0 Å². The maximum absolute atomic E-state index is 12.7. The van der Waals surface area contributed by atoms with Crippen molar-refractivity contribution < 1.29 is 4.79 Å². The second-order valence-corrected chi connectivity index (χ2v) is 8.06. The van der Waals surface area contributed by atoms with Crippen LogP contribution in [-0.2, 0) is 18.4 Å². The van der Waals surface area contributed by atoms with Crippen LogP contribution in [0, 0.1) is 0 Å². The van der Waals surface area contributed by atoms with Gasteiger partial charge in [-0.25, -0.2) is 0 Å². The highest BCUT2D eigenvalue weighted by Crippen LogP contribution is 2.27. The van der Waals surface area contributed by atoms with E-state index in [1.807, 2.05) is 80.2 Å². The number of halogens is 1. The van der Waals surface area contributed by atoms with Gasteiger partial charge in [0, 0.05) is 31.2 Å². The molecule has 0 fully saturated rings. The topological polar surface area (TPSA) is 51.0 Å². The van der Waals surface area contributed by atoms with E-state index in [1.165, 1.54) is 11.8 Å². The minimum Gasteiger partial charge on any atom is -0.340 e. The molecule has 3 rings (SSSR count). The van der Waals surface area contributed by atoms with Crippen LogP contribution in [0.1, 0.15) is 12.5 Å². The molecule has 5 nitrogen and oxygen atoms in total. The molecule has 7 heteroatoms. The highest BCUT2D eigenvalue weighted by atomic mass is 35.5. The Kier molecular flexibility index (Phi) is 6.19. The van der Waals surface area contributed by atoms with Crippen LogP contribution < -0.4 is 0 Å². The van der Waals surface area contributed by atoms with Gasteiger partial charge in [0.25, 0.3) is 0 Å². The quantitative estimate of drug-likeness (QED) is 0.579. The second-order valence-electron chi connectivity index (χ2n) is 6.31. The van der Waals surface area contributed by atoms with E-state index in [9.17, 15) is 4.79 Å². The molecule has 0 unspecified atom stereocenters. The zero-order valence-electron chi connectivity index (χ0n) is 15.5. The predicted octanol–water partition coefficient (Wildman–Crippen LogP) is 4.27. The van der Waals surface area contributed by atoms with Crippen molar-refractivity contribution in [1.29, 1.82) is 0 Å². The molecule has 0 saturated heterocycles. The summed E-state index contributed by atoms with van der Waals surface area (Å²) in [7, 11) is 3.72. The van der Waals surface area contributed by atoms with E-state index in [-0.39, 0.29) is 11.2 Å². The molecule has 1 atom stereocenters. The van der Waals surface area contributed by atoms with Crippen molar-refractivity contribution in [3.63, 3.8) is 0 Å². The highest BCUT2D eigenvalue weighted by molar-refractivity contribution is 8.00. The minimum atomic E-state index is -0.264. The maximum atomic E-state index is 12.7. The molecule has 27 heavy (non-hydrogen) atoms. The first kappa shape index (κ1) is 19.5. The zero-order chi connectivity index (χ0) is 19.4. The molecule has 0 aliphatic rings. The molecule has 0 N–H and O–H groups in total. The van der Waals surface area contributed by atoms with Gasteiger partial charge < -0.3 is 9.47 Å². The number of carbonyl (C=O) groups is 1. The number of amides is 1. The minimum absolute atomic E-state index is 0.0555. The Morgan fingerprint density at radius 3 is 2.48 bits per heavy atom. The molecule has 140 valence electrons. The molecule has 2 aromatic carbocycles.